The predicted molar refractivity (Wildman–Crippen MR) is 201 cm³/mol. The van der Waals surface area contributed by atoms with Crippen LogP contribution >= 0.6 is 0 Å². The van der Waals surface area contributed by atoms with E-state index in [9.17, 15) is 0 Å². The van der Waals surface area contributed by atoms with Crippen LogP contribution in [0.25, 0.3) is 0 Å². The van der Waals surface area contributed by atoms with Crippen molar-refractivity contribution in [2.24, 2.45) is 0 Å². The molecule has 0 radical (unpaired) electrons. The van der Waals surface area contributed by atoms with E-state index in [1.807, 2.05) is 0 Å². The molecule has 4 heterocycles. The Bertz CT molecular complexity index is 2020. The molecule has 0 bridgehead atoms. The summed E-state index contributed by atoms with van der Waals surface area (Å²) >= 11 is 0. The van der Waals surface area contributed by atoms with E-state index in [1.165, 1.54) is 44.8 Å². The topological polar surface area (TPSA) is 49.9 Å². The normalized spacial score (nSPS) is 21.1. The Morgan fingerprint density at radius 3 is 1.20 bits per heavy atom. The van der Waals surface area contributed by atoms with Crippen molar-refractivity contribution >= 4 is 11.4 Å². The number of hydrogen-bond acceptors (Lipinski definition) is 8. The quantitative estimate of drug-likeness (QED) is 0.179. The molecule has 6 aliphatic rings. The van der Waals surface area contributed by atoms with Gasteiger partial charge in [0.2, 0.25) is 0 Å². The number of fused-ring (bicyclic) bond motifs is 10. The molecule has 1 spiro atoms. The summed E-state index contributed by atoms with van der Waals surface area (Å²) < 4.78 is 26.9. The minimum atomic E-state index is -0.199. The van der Waals surface area contributed by atoms with Gasteiger partial charge in [0.05, 0.1) is 13.3 Å². The molecule has 8 nitrogen and oxygen atoms in total. The summed E-state index contributed by atoms with van der Waals surface area (Å²) in [4.78, 5) is 9.47. The summed E-state index contributed by atoms with van der Waals surface area (Å²) in [6.45, 7) is 19.4. The van der Waals surface area contributed by atoms with Gasteiger partial charge in [-0.15, -0.1) is 0 Å². The van der Waals surface area contributed by atoms with Crippen LogP contribution in [0.4, 0.5) is 11.4 Å². The summed E-state index contributed by atoms with van der Waals surface area (Å²) in [6, 6.07) is 17.9. The highest BCUT2D eigenvalue weighted by Gasteiger charge is 2.57. The van der Waals surface area contributed by atoms with Crippen LogP contribution < -0.4 is 28.7 Å². The number of rotatable bonds is 2. The summed E-state index contributed by atoms with van der Waals surface area (Å²) in [5.74, 6) is 6.36. The van der Waals surface area contributed by atoms with Gasteiger partial charge in [0, 0.05) is 55.1 Å². The van der Waals surface area contributed by atoms with Crippen LogP contribution in [0, 0.1) is 0 Å². The van der Waals surface area contributed by atoms with Crippen LogP contribution in [0.3, 0.4) is 0 Å². The van der Waals surface area contributed by atoms with Crippen LogP contribution in [-0.2, 0) is 29.3 Å². The minimum Gasteiger partial charge on any atom is -0.449 e. The van der Waals surface area contributed by atoms with Gasteiger partial charge in [-0.3, -0.25) is 9.80 Å². The van der Waals surface area contributed by atoms with Crippen LogP contribution in [0.1, 0.15) is 87.8 Å². The molecule has 0 aromatic heterocycles. The highest BCUT2D eigenvalue weighted by atomic mass is 16.6. The molecule has 51 heavy (non-hydrogen) atoms. The van der Waals surface area contributed by atoms with Crippen molar-refractivity contribution in [2.45, 2.75) is 83.7 Å². The predicted octanol–water partition coefficient (Wildman–Crippen LogP) is 9.59. The Morgan fingerprint density at radius 1 is 0.490 bits per heavy atom. The minimum absolute atomic E-state index is 0.0682. The van der Waals surface area contributed by atoms with Crippen LogP contribution in [0.15, 0.2) is 48.5 Å². The third-order valence-electron chi connectivity index (χ3n) is 12.5. The number of benzene rings is 4. The monoisotopic (exact) mass is 684 g/mol. The van der Waals surface area contributed by atoms with Crippen LogP contribution in [-0.4, -0.2) is 50.3 Å². The first kappa shape index (κ1) is 31.3. The van der Waals surface area contributed by atoms with Gasteiger partial charge in [-0.1, -0.05) is 27.7 Å². The molecular formula is C43H48N4O4. The largest absolute Gasteiger partial charge is 0.449 e. The lowest BCUT2D eigenvalue weighted by molar-refractivity contribution is 0.307. The summed E-state index contributed by atoms with van der Waals surface area (Å²) in [5.41, 5.74) is 10.0. The van der Waals surface area contributed by atoms with E-state index in [0.717, 1.165) is 98.4 Å². The molecule has 4 aliphatic heterocycles. The van der Waals surface area contributed by atoms with Gasteiger partial charge < -0.3 is 28.7 Å². The second kappa shape index (κ2) is 10.4. The molecule has 0 fully saturated rings. The summed E-state index contributed by atoms with van der Waals surface area (Å²) in [7, 11) is 4.34. The third kappa shape index (κ3) is 4.45. The molecule has 8 heteroatoms. The Morgan fingerprint density at radius 2 is 0.824 bits per heavy atom. The van der Waals surface area contributed by atoms with Gasteiger partial charge >= 0.3 is 0 Å². The molecule has 0 atom stereocenters. The van der Waals surface area contributed by atoms with E-state index in [1.54, 1.807) is 0 Å². The second-order valence-corrected chi connectivity index (χ2v) is 17.2. The summed E-state index contributed by atoms with van der Waals surface area (Å²) in [5, 5.41) is 0. The molecule has 0 N–H and O–H groups in total. The van der Waals surface area contributed by atoms with Crippen molar-refractivity contribution < 1.29 is 18.9 Å². The molecule has 0 amide bonds. The van der Waals surface area contributed by atoms with Gasteiger partial charge in [0.15, 0.2) is 46.0 Å². The standard InChI is InChI=1S/C43H48N4O4/c1-9-46-23-44(7)19-25-11-33-39(17-31(25)46)50-35-13-27-29(15-37(35)48-33)43(21-41(27,3)4)22-42(5,6)28-14-36-38(16-30(28)43)49-34-12-26-20-45(8)24-47(10-2)32(26)18-40(34)51-36/h11-18H,9-10,19-24H2,1-8H3. The van der Waals surface area contributed by atoms with Gasteiger partial charge in [-0.25, -0.2) is 0 Å². The van der Waals surface area contributed by atoms with E-state index in [-0.39, 0.29) is 16.2 Å². The average molecular weight is 685 g/mol. The van der Waals surface area contributed by atoms with Gasteiger partial charge in [-0.05, 0) is 121 Å². The SMILES string of the molecule is CCN1CN(C)Cc2cc3c(cc21)Oc1cc2c(cc1O3)C1(CC2(C)C)CC(C)(C)c2cc3c(cc21)Oc1cc2c(cc1O3)N(CC)CN(C)C2. The maximum Gasteiger partial charge on any atom is 0.172 e. The maximum absolute atomic E-state index is 6.77. The van der Waals surface area contributed by atoms with Crippen molar-refractivity contribution in [2.75, 3.05) is 50.3 Å². The molecule has 10 rings (SSSR count). The first-order valence-corrected chi connectivity index (χ1v) is 18.7. The number of hydrogen-bond donors (Lipinski definition) is 0. The molecule has 0 unspecified atom stereocenters. The zero-order chi connectivity index (χ0) is 35.2. The van der Waals surface area contributed by atoms with Crippen molar-refractivity contribution in [3.63, 3.8) is 0 Å². The molecule has 4 aromatic rings. The van der Waals surface area contributed by atoms with Crippen molar-refractivity contribution in [3.8, 4) is 46.0 Å². The van der Waals surface area contributed by atoms with Crippen molar-refractivity contribution in [1.29, 1.82) is 0 Å². The highest BCUT2D eigenvalue weighted by Crippen LogP contribution is 2.66. The highest BCUT2D eigenvalue weighted by molar-refractivity contribution is 5.72. The lowest BCUT2D eigenvalue weighted by Crippen LogP contribution is -2.40. The molecule has 2 aliphatic carbocycles. The lowest BCUT2D eigenvalue weighted by Gasteiger charge is -2.37. The lowest BCUT2D eigenvalue weighted by atomic mass is 9.72. The number of nitrogens with zero attached hydrogens (tertiary/aromatic N) is 4. The third-order valence-corrected chi connectivity index (χ3v) is 12.5. The zero-order valence-electron chi connectivity index (χ0n) is 31.2. The molecule has 4 aromatic carbocycles. The van der Waals surface area contributed by atoms with E-state index < -0.39 is 0 Å². The summed E-state index contributed by atoms with van der Waals surface area (Å²) in [6.07, 6.45) is 1.99. The fraction of sp³-hybridized carbons (Fsp3) is 0.442. The van der Waals surface area contributed by atoms with E-state index in [2.05, 4.69) is 124 Å². The molecule has 0 saturated heterocycles. The number of anilines is 2. The van der Waals surface area contributed by atoms with E-state index in [4.69, 9.17) is 18.9 Å². The maximum atomic E-state index is 6.77. The van der Waals surface area contributed by atoms with Crippen molar-refractivity contribution in [1.82, 2.24) is 9.80 Å². The Kier molecular flexibility index (Phi) is 6.36. The zero-order valence-corrected chi connectivity index (χ0v) is 31.2. The fourth-order valence-corrected chi connectivity index (χ4v) is 10.4. The molecular weight excluding hydrogens is 636 g/mol. The van der Waals surface area contributed by atoms with E-state index in [0.29, 0.717) is 0 Å². The first-order valence-electron chi connectivity index (χ1n) is 18.7. The van der Waals surface area contributed by atoms with Gasteiger partial charge in [0.1, 0.15) is 0 Å². The molecule has 264 valence electrons. The number of ether oxygens (including phenoxy) is 4. The van der Waals surface area contributed by atoms with Gasteiger partial charge in [0.25, 0.3) is 0 Å². The second-order valence-electron chi connectivity index (χ2n) is 17.2. The Hall–Kier alpha value is -4.40. The first-order chi connectivity index (χ1) is 24.4. The fourth-order valence-electron chi connectivity index (χ4n) is 10.4. The average Bonchev–Trinajstić information content (AvgIpc) is 3.43. The van der Waals surface area contributed by atoms with Crippen molar-refractivity contribution in [3.05, 3.63) is 81.9 Å². The molecule has 0 saturated carbocycles. The Labute approximate surface area is 301 Å². The smallest absolute Gasteiger partial charge is 0.172 e. The van der Waals surface area contributed by atoms with Gasteiger partial charge in [-0.2, -0.15) is 0 Å². The Balaban J connectivity index is 1.06. The van der Waals surface area contributed by atoms with Crippen LogP contribution in [0.5, 0.6) is 46.0 Å². The van der Waals surface area contributed by atoms with Crippen LogP contribution in [0.2, 0.25) is 0 Å². The van der Waals surface area contributed by atoms with E-state index >= 15 is 0 Å².